The molecule has 0 spiro atoms. The topological polar surface area (TPSA) is 55.6 Å². The molecule has 2 N–H and O–H groups in total. The Hall–Kier alpha value is -0.680. The van der Waals surface area contributed by atoms with E-state index in [1.165, 1.54) is 14.2 Å². The van der Waals surface area contributed by atoms with Crippen molar-refractivity contribution in [3.63, 3.8) is 0 Å². The van der Waals surface area contributed by atoms with E-state index in [0.29, 0.717) is 0 Å². The summed E-state index contributed by atoms with van der Waals surface area (Å²) in [5.74, 6) is -2.52. The number of hydroxylamine groups is 2. The standard InChI is InChI=1S/C9H19FN2O2/c1-5-9(10,11)6-7(2)8(13)12(3)14-4/h7H,5-6,11H2,1-4H3/t7-,9?/m0/s1. The Balaban J connectivity index is 4.21. The van der Waals surface area contributed by atoms with Crippen LogP contribution in [0, 0.1) is 5.92 Å². The lowest BCUT2D eigenvalue weighted by molar-refractivity contribution is -0.174. The van der Waals surface area contributed by atoms with Crippen molar-refractivity contribution in [3.8, 4) is 0 Å². The molecule has 0 saturated heterocycles. The van der Waals surface area contributed by atoms with E-state index in [4.69, 9.17) is 10.6 Å². The van der Waals surface area contributed by atoms with Gasteiger partial charge in [-0.1, -0.05) is 13.8 Å². The highest BCUT2D eigenvalue weighted by Gasteiger charge is 2.29. The molecule has 0 aliphatic carbocycles. The third-order valence-corrected chi connectivity index (χ3v) is 2.24. The lowest BCUT2D eigenvalue weighted by Crippen LogP contribution is -2.40. The zero-order valence-corrected chi connectivity index (χ0v) is 9.21. The third-order valence-electron chi connectivity index (χ3n) is 2.24. The molecule has 1 amide bonds. The van der Waals surface area contributed by atoms with E-state index in [1.54, 1.807) is 13.8 Å². The van der Waals surface area contributed by atoms with Crippen molar-refractivity contribution in [2.24, 2.45) is 11.7 Å². The smallest absolute Gasteiger partial charge is 0.248 e. The highest BCUT2D eigenvalue weighted by Crippen LogP contribution is 2.20. The van der Waals surface area contributed by atoms with Crippen molar-refractivity contribution in [3.05, 3.63) is 0 Å². The first-order chi connectivity index (χ1) is 6.34. The predicted octanol–water partition coefficient (Wildman–Crippen LogP) is 1.07. The second-order valence-corrected chi connectivity index (χ2v) is 3.51. The van der Waals surface area contributed by atoms with Crippen LogP contribution in [0.4, 0.5) is 4.39 Å². The van der Waals surface area contributed by atoms with Crippen LogP contribution in [0.3, 0.4) is 0 Å². The van der Waals surface area contributed by atoms with Crippen LogP contribution < -0.4 is 5.73 Å². The molecule has 0 saturated carbocycles. The van der Waals surface area contributed by atoms with Crippen molar-refractivity contribution in [2.45, 2.75) is 32.5 Å². The van der Waals surface area contributed by atoms with E-state index >= 15 is 0 Å². The molecule has 0 aromatic rings. The summed E-state index contributed by atoms with van der Waals surface area (Å²) in [6.45, 7) is 3.28. The molecule has 0 aliphatic rings. The number of carbonyl (C=O) groups excluding carboxylic acids is 1. The molecule has 84 valence electrons. The average Bonchev–Trinajstić information content (AvgIpc) is 2.14. The molecule has 2 atom stereocenters. The fourth-order valence-electron chi connectivity index (χ4n) is 1.14. The molecule has 4 nitrogen and oxygen atoms in total. The van der Waals surface area contributed by atoms with Crippen molar-refractivity contribution < 1.29 is 14.0 Å². The van der Waals surface area contributed by atoms with Crippen molar-refractivity contribution in [1.82, 2.24) is 5.06 Å². The lowest BCUT2D eigenvalue weighted by Gasteiger charge is -2.24. The Morgan fingerprint density at radius 3 is 2.57 bits per heavy atom. The average molecular weight is 206 g/mol. The van der Waals surface area contributed by atoms with Crippen molar-refractivity contribution in [2.75, 3.05) is 14.2 Å². The minimum absolute atomic E-state index is 0.00995. The minimum atomic E-state index is -1.77. The van der Waals surface area contributed by atoms with Gasteiger partial charge in [0, 0.05) is 19.4 Å². The van der Waals surface area contributed by atoms with Gasteiger partial charge in [0.05, 0.1) is 7.11 Å². The van der Waals surface area contributed by atoms with Crippen molar-refractivity contribution >= 4 is 5.91 Å². The molecule has 5 heteroatoms. The van der Waals surface area contributed by atoms with Crippen LogP contribution in [-0.4, -0.2) is 30.9 Å². The first-order valence-electron chi connectivity index (χ1n) is 4.63. The summed E-state index contributed by atoms with van der Waals surface area (Å²) < 4.78 is 13.4. The number of alkyl halides is 1. The highest BCUT2D eigenvalue weighted by molar-refractivity contribution is 5.77. The lowest BCUT2D eigenvalue weighted by atomic mass is 9.98. The maximum absolute atomic E-state index is 13.4. The molecule has 0 heterocycles. The Morgan fingerprint density at radius 2 is 2.21 bits per heavy atom. The Morgan fingerprint density at radius 1 is 1.71 bits per heavy atom. The van der Waals surface area contributed by atoms with Gasteiger partial charge in [-0.05, 0) is 6.42 Å². The molecule has 0 aromatic carbocycles. The fourth-order valence-corrected chi connectivity index (χ4v) is 1.14. The first-order valence-corrected chi connectivity index (χ1v) is 4.63. The summed E-state index contributed by atoms with van der Waals surface area (Å²) in [6.07, 6.45) is 0.206. The van der Waals surface area contributed by atoms with Gasteiger partial charge in [0.25, 0.3) is 0 Å². The largest absolute Gasteiger partial charge is 0.299 e. The second-order valence-electron chi connectivity index (χ2n) is 3.51. The Bertz CT molecular complexity index is 197. The van der Waals surface area contributed by atoms with E-state index in [9.17, 15) is 9.18 Å². The molecule has 0 fully saturated rings. The monoisotopic (exact) mass is 206 g/mol. The second kappa shape index (κ2) is 5.26. The number of halogens is 1. The number of hydrogen-bond acceptors (Lipinski definition) is 3. The molecule has 0 aliphatic heterocycles. The summed E-state index contributed by atoms with van der Waals surface area (Å²) in [5, 5.41) is 1.08. The summed E-state index contributed by atoms with van der Waals surface area (Å²) in [7, 11) is 2.87. The SMILES string of the molecule is CCC(N)(F)C[C@H](C)C(=O)N(C)OC. The third kappa shape index (κ3) is 4.02. The van der Waals surface area contributed by atoms with Crippen LogP contribution in [0.2, 0.25) is 0 Å². The molecule has 0 radical (unpaired) electrons. The molecule has 14 heavy (non-hydrogen) atoms. The van der Waals surface area contributed by atoms with Gasteiger partial charge < -0.3 is 0 Å². The van der Waals surface area contributed by atoms with Gasteiger partial charge in [-0.25, -0.2) is 9.45 Å². The van der Waals surface area contributed by atoms with E-state index in [1.807, 2.05) is 0 Å². The van der Waals surface area contributed by atoms with E-state index in [0.717, 1.165) is 5.06 Å². The Kier molecular flexibility index (Phi) is 5.01. The number of nitrogens with two attached hydrogens (primary N) is 1. The molecular weight excluding hydrogens is 187 g/mol. The summed E-state index contributed by atoms with van der Waals surface area (Å²) in [5.41, 5.74) is 5.32. The number of carbonyl (C=O) groups is 1. The number of nitrogens with zero attached hydrogens (tertiary/aromatic N) is 1. The minimum Gasteiger partial charge on any atom is -0.299 e. The summed E-state index contributed by atoms with van der Waals surface area (Å²) in [6, 6.07) is 0. The van der Waals surface area contributed by atoms with E-state index in [-0.39, 0.29) is 18.7 Å². The van der Waals surface area contributed by atoms with E-state index in [2.05, 4.69) is 0 Å². The fraction of sp³-hybridized carbons (Fsp3) is 0.889. The molecule has 0 rings (SSSR count). The highest BCUT2D eigenvalue weighted by atomic mass is 19.1. The maximum Gasteiger partial charge on any atom is 0.248 e. The molecule has 0 bridgehead atoms. The van der Waals surface area contributed by atoms with E-state index < -0.39 is 11.7 Å². The zero-order chi connectivity index (χ0) is 11.4. The van der Waals surface area contributed by atoms with Gasteiger partial charge in [0.2, 0.25) is 5.91 Å². The number of amides is 1. The van der Waals surface area contributed by atoms with Gasteiger partial charge in [-0.3, -0.25) is 15.4 Å². The van der Waals surface area contributed by atoms with Crippen LogP contribution in [0.25, 0.3) is 0 Å². The molecule has 0 aromatic heterocycles. The Labute approximate surface area is 84.2 Å². The maximum atomic E-state index is 13.4. The normalized spacial score (nSPS) is 17.3. The molecule has 1 unspecified atom stereocenters. The van der Waals surface area contributed by atoms with Crippen LogP contribution in [0.1, 0.15) is 26.7 Å². The summed E-state index contributed by atoms with van der Waals surface area (Å²) in [4.78, 5) is 16.1. The summed E-state index contributed by atoms with van der Waals surface area (Å²) >= 11 is 0. The quantitative estimate of drug-likeness (QED) is 0.540. The van der Waals surface area contributed by atoms with Gasteiger partial charge in [-0.15, -0.1) is 0 Å². The number of rotatable bonds is 5. The van der Waals surface area contributed by atoms with Gasteiger partial charge in [0.15, 0.2) is 5.79 Å². The molecular formula is C9H19FN2O2. The van der Waals surface area contributed by atoms with Gasteiger partial charge >= 0.3 is 0 Å². The number of hydrogen-bond donors (Lipinski definition) is 1. The van der Waals surface area contributed by atoms with Crippen LogP contribution >= 0.6 is 0 Å². The van der Waals surface area contributed by atoms with Crippen LogP contribution in [0.15, 0.2) is 0 Å². The van der Waals surface area contributed by atoms with Crippen molar-refractivity contribution in [1.29, 1.82) is 0 Å². The first kappa shape index (κ1) is 13.3. The van der Waals surface area contributed by atoms with Crippen LogP contribution in [0.5, 0.6) is 0 Å². The van der Waals surface area contributed by atoms with Gasteiger partial charge in [0.1, 0.15) is 0 Å². The van der Waals surface area contributed by atoms with Gasteiger partial charge in [-0.2, -0.15) is 0 Å². The van der Waals surface area contributed by atoms with Crippen LogP contribution in [-0.2, 0) is 9.63 Å². The zero-order valence-electron chi connectivity index (χ0n) is 9.21. The predicted molar refractivity (Wildman–Crippen MR) is 51.9 cm³/mol.